The lowest BCUT2D eigenvalue weighted by atomic mass is 10.6. The number of ether oxygens (including phenoxy) is 3. The molecular weight excluding hydrogens is 164 g/mol. The molecule has 0 rings (SSSR count). The zero-order chi connectivity index (χ0) is 8.53. The second kappa shape index (κ2) is 8.16. The molecule has 0 N–H and O–H groups in total. The minimum Gasteiger partial charge on any atom is -0.426 e. The van der Waals surface area contributed by atoms with E-state index in [1.54, 1.807) is 14.2 Å². The van der Waals surface area contributed by atoms with Gasteiger partial charge in [0, 0.05) is 14.2 Å². The SMILES string of the molecule is COC(COCCO[SiH3])OC. The van der Waals surface area contributed by atoms with Crippen molar-refractivity contribution in [3.05, 3.63) is 0 Å². The van der Waals surface area contributed by atoms with Gasteiger partial charge in [0.2, 0.25) is 0 Å². The lowest BCUT2D eigenvalue weighted by molar-refractivity contribution is -0.141. The van der Waals surface area contributed by atoms with Crippen LogP contribution < -0.4 is 0 Å². The van der Waals surface area contributed by atoms with Gasteiger partial charge in [0.25, 0.3) is 0 Å². The van der Waals surface area contributed by atoms with Crippen molar-refractivity contribution >= 4 is 10.5 Å². The Kier molecular flexibility index (Phi) is 8.20. The fraction of sp³-hybridized carbons (Fsp3) is 1.00. The molecule has 0 spiro atoms. The van der Waals surface area contributed by atoms with Crippen LogP contribution in [0.2, 0.25) is 0 Å². The van der Waals surface area contributed by atoms with Crippen molar-refractivity contribution in [3.8, 4) is 0 Å². The van der Waals surface area contributed by atoms with Gasteiger partial charge in [-0.15, -0.1) is 0 Å². The molecule has 68 valence electrons. The highest BCUT2D eigenvalue weighted by molar-refractivity contribution is 5.97. The lowest BCUT2D eigenvalue weighted by Gasteiger charge is -2.12. The van der Waals surface area contributed by atoms with Gasteiger partial charge < -0.3 is 18.6 Å². The van der Waals surface area contributed by atoms with E-state index < -0.39 is 0 Å². The second-order valence-electron chi connectivity index (χ2n) is 1.97. The smallest absolute Gasteiger partial charge is 0.180 e. The molecule has 0 radical (unpaired) electrons. The van der Waals surface area contributed by atoms with E-state index >= 15 is 0 Å². The standard InChI is InChI=1S/C6H16O4Si/c1-7-6(8-2)5-9-3-4-10-11/h6H,3-5H2,1-2,11H3. The highest BCUT2D eigenvalue weighted by Gasteiger charge is 2.03. The fourth-order valence-corrected chi connectivity index (χ4v) is 0.721. The summed E-state index contributed by atoms with van der Waals surface area (Å²) in [5.41, 5.74) is 0. The van der Waals surface area contributed by atoms with E-state index in [2.05, 4.69) is 0 Å². The molecule has 0 atom stereocenters. The molecule has 5 heteroatoms. The predicted molar refractivity (Wildman–Crippen MR) is 44.5 cm³/mol. The normalized spacial score (nSPS) is 11.2. The molecular formula is C6H16O4Si. The summed E-state index contributed by atoms with van der Waals surface area (Å²) in [6, 6.07) is 0. The van der Waals surface area contributed by atoms with Gasteiger partial charge in [-0.3, -0.25) is 0 Å². The highest BCUT2D eigenvalue weighted by atomic mass is 28.2. The molecule has 0 aromatic heterocycles. The predicted octanol–water partition coefficient (Wildman–Crippen LogP) is -1.08. The minimum atomic E-state index is -0.260. The van der Waals surface area contributed by atoms with Crippen LogP contribution in [-0.4, -0.2) is 50.8 Å². The van der Waals surface area contributed by atoms with Crippen LogP contribution in [0.1, 0.15) is 0 Å². The third kappa shape index (κ3) is 6.45. The summed E-state index contributed by atoms with van der Waals surface area (Å²) in [7, 11) is 3.93. The summed E-state index contributed by atoms with van der Waals surface area (Å²) < 4.78 is 19.9. The number of rotatable bonds is 7. The fourth-order valence-electron chi connectivity index (χ4n) is 0.554. The average molecular weight is 180 g/mol. The molecule has 0 amide bonds. The van der Waals surface area contributed by atoms with Crippen LogP contribution in [0.3, 0.4) is 0 Å². The first kappa shape index (κ1) is 11.1. The van der Waals surface area contributed by atoms with E-state index in [-0.39, 0.29) is 6.29 Å². The Morgan fingerprint density at radius 3 is 2.27 bits per heavy atom. The van der Waals surface area contributed by atoms with Crippen molar-refractivity contribution in [2.24, 2.45) is 0 Å². The van der Waals surface area contributed by atoms with E-state index in [0.29, 0.717) is 19.8 Å². The van der Waals surface area contributed by atoms with E-state index in [4.69, 9.17) is 18.6 Å². The Labute approximate surface area is 70.3 Å². The summed E-state index contributed by atoms with van der Waals surface area (Å²) in [4.78, 5) is 0. The number of methoxy groups -OCH3 is 2. The van der Waals surface area contributed by atoms with Crippen LogP contribution >= 0.6 is 0 Å². The van der Waals surface area contributed by atoms with Gasteiger partial charge in [-0.1, -0.05) is 0 Å². The van der Waals surface area contributed by atoms with Crippen molar-refractivity contribution in [2.75, 3.05) is 34.0 Å². The van der Waals surface area contributed by atoms with Gasteiger partial charge in [0.1, 0.15) is 10.5 Å². The molecule has 0 aromatic carbocycles. The molecule has 0 unspecified atom stereocenters. The zero-order valence-corrected chi connectivity index (χ0v) is 9.33. The van der Waals surface area contributed by atoms with Crippen LogP contribution in [0.15, 0.2) is 0 Å². The molecule has 0 saturated carbocycles. The van der Waals surface area contributed by atoms with E-state index in [0.717, 1.165) is 10.5 Å². The molecule has 0 aliphatic carbocycles. The summed E-state index contributed by atoms with van der Waals surface area (Å²) >= 11 is 0. The summed E-state index contributed by atoms with van der Waals surface area (Å²) in [5, 5.41) is 0. The molecule has 0 fully saturated rings. The first-order chi connectivity index (χ1) is 5.35. The van der Waals surface area contributed by atoms with Gasteiger partial charge in [-0.05, 0) is 0 Å². The highest BCUT2D eigenvalue weighted by Crippen LogP contribution is 1.90. The molecule has 0 heterocycles. The van der Waals surface area contributed by atoms with Crippen LogP contribution in [0.25, 0.3) is 0 Å². The van der Waals surface area contributed by atoms with E-state index in [1.807, 2.05) is 0 Å². The molecule has 0 aliphatic heterocycles. The maximum absolute atomic E-state index is 5.17. The third-order valence-corrected chi connectivity index (χ3v) is 1.62. The molecule has 11 heavy (non-hydrogen) atoms. The van der Waals surface area contributed by atoms with Crippen molar-refractivity contribution in [1.29, 1.82) is 0 Å². The quantitative estimate of drug-likeness (QED) is 0.284. The molecule has 0 aromatic rings. The summed E-state index contributed by atoms with van der Waals surface area (Å²) in [5.74, 6) is 0. The maximum atomic E-state index is 5.17. The average Bonchev–Trinajstić information content (AvgIpc) is 2.05. The zero-order valence-electron chi connectivity index (χ0n) is 7.33. The summed E-state index contributed by atoms with van der Waals surface area (Å²) in [6.07, 6.45) is -0.260. The number of hydrogen-bond donors (Lipinski definition) is 0. The van der Waals surface area contributed by atoms with Gasteiger partial charge in [0.05, 0.1) is 19.8 Å². The summed E-state index contributed by atoms with van der Waals surface area (Å²) in [6.45, 7) is 1.72. The van der Waals surface area contributed by atoms with Gasteiger partial charge in [0.15, 0.2) is 6.29 Å². The number of hydrogen-bond acceptors (Lipinski definition) is 4. The van der Waals surface area contributed by atoms with Crippen molar-refractivity contribution in [1.82, 2.24) is 0 Å². The largest absolute Gasteiger partial charge is 0.426 e. The Morgan fingerprint density at radius 1 is 1.18 bits per heavy atom. The van der Waals surface area contributed by atoms with Gasteiger partial charge >= 0.3 is 0 Å². The Hall–Kier alpha value is 0.0569. The van der Waals surface area contributed by atoms with Crippen molar-refractivity contribution in [2.45, 2.75) is 6.29 Å². The molecule has 0 saturated heterocycles. The molecule has 0 aliphatic rings. The van der Waals surface area contributed by atoms with Crippen LogP contribution in [0, 0.1) is 0 Å². The van der Waals surface area contributed by atoms with Crippen molar-refractivity contribution < 1.29 is 18.6 Å². The van der Waals surface area contributed by atoms with Crippen LogP contribution in [0.4, 0.5) is 0 Å². The van der Waals surface area contributed by atoms with E-state index in [9.17, 15) is 0 Å². The van der Waals surface area contributed by atoms with E-state index in [1.165, 1.54) is 0 Å². The van der Waals surface area contributed by atoms with Gasteiger partial charge in [-0.2, -0.15) is 0 Å². The Balaban J connectivity index is 3.07. The van der Waals surface area contributed by atoms with Crippen molar-refractivity contribution in [3.63, 3.8) is 0 Å². The minimum absolute atomic E-state index is 0.260. The lowest BCUT2D eigenvalue weighted by Crippen LogP contribution is -2.21. The topological polar surface area (TPSA) is 36.9 Å². The second-order valence-corrected chi connectivity index (χ2v) is 2.55. The molecule has 0 bridgehead atoms. The third-order valence-electron chi connectivity index (χ3n) is 1.21. The Bertz CT molecular complexity index is 77.0. The monoisotopic (exact) mass is 180 g/mol. The Morgan fingerprint density at radius 2 is 1.82 bits per heavy atom. The van der Waals surface area contributed by atoms with Crippen LogP contribution in [0.5, 0.6) is 0 Å². The first-order valence-corrected chi connectivity index (χ1v) is 4.29. The first-order valence-electron chi connectivity index (χ1n) is 3.47. The van der Waals surface area contributed by atoms with Crippen LogP contribution in [-0.2, 0) is 18.6 Å². The molecule has 4 nitrogen and oxygen atoms in total. The van der Waals surface area contributed by atoms with Gasteiger partial charge in [-0.25, -0.2) is 0 Å². The maximum Gasteiger partial charge on any atom is 0.180 e.